The van der Waals surface area contributed by atoms with E-state index < -0.39 is 0 Å². The number of aliphatic hydroxyl groups excluding tert-OH is 1. The summed E-state index contributed by atoms with van der Waals surface area (Å²) >= 11 is 3.33. The van der Waals surface area contributed by atoms with Gasteiger partial charge in [-0.3, -0.25) is 0 Å². The van der Waals surface area contributed by atoms with Gasteiger partial charge in [0.25, 0.3) is 0 Å². The fourth-order valence-electron chi connectivity index (χ4n) is 1.90. The van der Waals surface area contributed by atoms with Crippen molar-refractivity contribution in [2.75, 3.05) is 6.61 Å². The molecule has 3 heteroatoms. The number of rotatable bonds is 5. The van der Waals surface area contributed by atoms with Crippen molar-refractivity contribution in [1.82, 2.24) is 0 Å². The van der Waals surface area contributed by atoms with Gasteiger partial charge in [-0.2, -0.15) is 0 Å². The van der Waals surface area contributed by atoms with Gasteiger partial charge in [-0.15, -0.1) is 0 Å². The van der Waals surface area contributed by atoms with Crippen LogP contribution in [0.1, 0.15) is 25.8 Å². The highest BCUT2D eigenvalue weighted by molar-refractivity contribution is 9.10. The Kier molecular flexibility index (Phi) is 5.42. The summed E-state index contributed by atoms with van der Waals surface area (Å²) in [5.74, 6) is 0.474. The van der Waals surface area contributed by atoms with E-state index in [2.05, 4.69) is 29.8 Å². The summed E-state index contributed by atoms with van der Waals surface area (Å²) in [6, 6.07) is 4.94. The minimum atomic E-state index is -0.189. The number of benzene rings is 1. The van der Waals surface area contributed by atoms with E-state index >= 15 is 0 Å². The second kappa shape index (κ2) is 6.36. The normalized spacial score (nSPS) is 13.1. The molecule has 0 heterocycles. The molecule has 0 bridgehead atoms. The minimum Gasteiger partial charge on any atom is -0.396 e. The summed E-state index contributed by atoms with van der Waals surface area (Å²) in [6.07, 6.45) is 1.52. The molecule has 0 saturated carbocycles. The maximum atomic E-state index is 13.5. The first-order valence-corrected chi connectivity index (χ1v) is 6.37. The Morgan fingerprint density at radius 2 is 2.06 bits per heavy atom. The second-order valence-electron chi connectivity index (χ2n) is 4.62. The van der Waals surface area contributed by atoms with Crippen LogP contribution in [0.25, 0.3) is 0 Å². The summed E-state index contributed by atoms with van der Waals surface area (Å²) in [7, 11) is 0. The van der Waals surface area contributed by atoms with E-state index in [-0.39, 0.29) is 18.3 Å². The summed E-state index contributed by atoms with van der Waals surface area (Å²) in [5.41, 5.74) is 0.675. The number of halogens is 2. The molecule has 1 nitrogen and oxygen atoms in total. The SMILES string of the molecule is CC(C)CC(CO)Cc1cc(Br)ccc1F. The predicted molar refractivity (Wildman–Crippen MR) is 67.8 cm³/mol. The molecule has 0 aliphatic heterocycles. The Bertz CT molecular complexity index is 339. The minimum absolute atomic E-state index is 0.115. The number of hydrogen-bond acceptors (Lipinski definition) is 1. The Morgan fingerprint density at radius 3 is 2.62 bits per heavy atom. The summed E-state index contributed by atoms with van der Waals surface area (Å²) in [4.78, 5) is 0. The monoisotopic (exact) mass is 288 g/mol. The van der Waals surface area contributed by atoms with Crippen LogP contribution in [0.5, 0.6) is 0 Å². The van der Waals surface area contributed by atoms with Gasteiger partial charge in [-0.25, -0.2) is 4.39 Å². The van der Waals surface area contributed by atoms with Crippen LogP contribution in [-0.2, 0) is 6.42 Å². The molecular weight excluding hydrogens is 271 g/mol. The standard InChI is InChI=1S/C13H18BrFO/c1-9(2)5-10(8-16)6-11-7-12(14)3-4-13(11)15/h3-4,7,9-10,16H,5-6,8H2,1-2H3. The van der Waals surface area contributed by atoms with Gasteiger partial charge in [0.15, 0.2) is 0 Å². The van der Waals surface area contributed by atoms with Crippen LogP contribution in [0.15, 0.2) is 22.7 Å². The third-order valence-electron chi connectivity index (χ3n) is 2.58. The van der Waals surface area contributed by atoms with Crippen molar-refractivity contribution in [3.63, 3.8) is 0 Å². The third-order valence-corrected chi connectivity index (χ3v) is 3.07. The first kappa shape index (κ1) is 13.7. The van der Waals surface area contributed by atoms with E-state index in [1.165, 1.54) is 6.07 Å². The van der Waals surface area contributed by atoms with Gasteiger partial charge in [0.1, 0.15) is 5.82 Å². The zero-order valence-corrected chi connectivity index (χ0v) is 11.3. The topological polar surface area (TPSA) is 20.2 Å². The summed E-state index contributed by atoms with van der Waals surface area (Å²) < 4.78 is 14.4. The molecule has 0 fully saturated rings. The van der Waals surface area contributed by atoms with Gasteiger partial charge in [-0.1, -0.05) is 29.8 Å². The van der Waals surface area contributed by atoms with Crippen LogP contribution >= 0.6 is 15.9 Å². The molecule has 1 aromatic carbocycles. The fraction of sp³-hybridized carbons (Fsp3) is 0.538. The predicted octanol–water partition coefficient (Wildman–Crippen LogP) is 3.79. The van der Waals surface area contributed by atoms with Crippen molar-refractivity contribution >= 4 is 15.9 Å². The van der Waals surface area contributed by atoms with Crippen molar-refractivity contribution < 1.29 is 9.50 Å². The first-order chi connectivity index (χ1) is 7.52. The van der Waals surface area contributed by atoms with Crippen molar-refractivity contribution in [2.24, 2.45) is 11.8 Å². The molecule has 0 radical (unpaired) electrons. The van der Waals surface area contributed by atoms with E-state index in [9.17, 15) is 9.50 Å². The molecule has 0 amide bonds. The maximum Gasteiger partial charge on any atom is 0.126 e. The molecule has 1 aromatic rings. The third kappa shape index (κ3) is 4.22. The van der Waals surface area contributed by atoms with Gasteiger partial charge in [0.05, 0.1) is 0 Å². The zero-order valence-electron chi connectivity index (χ0n) is 9.71. The molecule has 1 N–H and O–H groups in total. The highest BCUT2D eigenvalue weighted by atomic mass is 79.9. The lowest BCUT2D eigenvalue weighted by molar-refractivity contribution is 0.204. The molecule has 90 valence electrons. The van der Waals surface area contributed by atoms with E-state index in [0.29, 0.717) is 17.9 Å². The Hall–Kier alpha value is -0.410. The molecule has 0 aromatic heterocycles. The largest absolute Gasteiger partial charge is 0.396 e. The van der Waals surface area contributed by atoms with E-state index in [0.717, 1.165) is 10.9 Å². The van der Waals surface area contributed by atoms with Crippen LogP contribution in [0.3, 0.4) is 0 Å². The quantitative estimate of drug-likeness (QED) is 0.874. The van der Waals surface area contributed by atoms with Crippen molar-refractivity contribution in [2.45, 2.75) is 26.7 Å². The molecule has 1 unspecified atom stereocenters. The number of hydrogen-bond donors (Lipinski definition) is 1. The van der Waals surface area contributed by atoms with Crippen LogP contribution in [0.2, 0.25) is 0 Å². The fourth-order valence-corrected chi connectivity index (χ4v) is 2.31. The lowest BCUT2D eigenvalue weighted by Gasteiger charge is -2.16. The van der Waals surface area contributed by atoms with Gasteiger partial charge >= 0.3 is 0 Å². The highest BCUT2D eigenvalue weighted by Crippen LogP contribution is 2.21. The molecular formula is C13H18BrFO. The molecule has 0 aliphatic carbocycles. The molecule has 16 heavy (non-hydrogen) atoms. The average Bonchev–Trinajstić information content (AvgIpc) is 2.21. The second-order valence-corrected chi connectivity index (χ2v) is 5.53. The zero-order chi connectivity index (χ0) is 12.1. The molecule has 0 aliphatic rings. The van der Waals surface area contributed by atoms with Crippen LogP contribution < -0.4 is 0 Å². The van der Waals surface area contributed by atoms with Gasteiger partial charge in [-0.05, 0) is 48.4 Å². The first-order valence-electron chi connectivity index (χ1n) is 5.57. The summed E-state index contributed by atoms with van der Waals surface area (Å²) in [5, 5.41) is 9.26. The smallest absolute Gasteiger partial charge is 0.126 e. The Labute approximate surface area is 105 Å². The Morgan fingerprint density at radius 1 is 1.38 bits per heavy atom. The molecule has 0 saturated heterocycles. The van der Waals surface area contributed by atoms with Gasteiger partial charge < -0.3 is 5.11 Å². The van der Waals surface area contributed by atoms with Crippen LogP contribution in [-0.4, -0.2) is 11.7 Å². The summed E-state index contributed by atoms with van der Waals surface area (Å²) in [6.45, 7) is 4.34. The van der Waals surface area contributed by atoms with Crippen molar-refractivity contribution in [3.05, 3.63) is 34.1 Å². The van der Waals surface area contributed by atoms with Crippen LogP contribution in [0, 0.1) is 17.7 Å². The lowest BCUT2D eigenvalue weighted by atomic mass is 9.91. The van der Waals surface area contributed by atoms with E-state index in [4.69, 9.17) is 0 Å². The van der Waals surface area contributed by atoms with Crippen molar-refractivity contribution in [3.8, 4) is 0 Å². The molecule has 1 atom stereocenters. The van der Waals surface area contributed by atoms with Gasteiger partial charge in [0, 0.05) is 11.1 Å². The van der Waals surface area contributed by atoms with Crippen molar-refractivity contribution in [1.29, 1.82) is 0 Å². The molecule has 0 spiro atoms. The molecule has 1 rings (SSSR count). The maximum absolute atomic E-state index is 13.5. The van der Waals surface area contributed by atoms with E-state index in [1.54, 1.807) is 12.1 Å². The lowest BCUT2D eigenvalue weighted by Crippen LogP contribution is -2.13. The Balaban J connectivity index is 2.73. The average molecular weight is 289 g/mol. The van der Waals surface area contributed by atoms with Gasteiger partial charge in [0.2, 0.25) is 0 Å². The number of aliphatic hydroxyl groups is 1. The van der Waals surface area contributed by atoms with Crippen LogP contribution in [0.4, 0.5) is 4.39 Å². The highest BCUT2D eigenvalue weighted by Gasteiger charge is 2.13. The van der Waals surface area contributed by atoms with E-state index in [1.807, 2.05) is 0 Å².